The zero-order valence-corrected chi connectivity index (χ0v) is 16.1. The summed E-state index contributed by atoms with van der Waals surface area (Å²) in [4.78, 5) is 14.8. The predicted octanol–water partition coefficient (Wildman–Crippen LogP) is 4.47. The average molecular weight is 369 g/mol. The highest BCUT2D eigenvalue weighted by Gasteiger charge is 2.52. The molecule has 1 fully saturated rings. The minimum Gasteiger partial charge on any atom is -0.493 e. The molecule has 1 saturated heterocycles. The summed E-state index contributed by atoms with van der Waals surface area (Å²) in [6, 6.07) is 14.6. The maximum Gasteiger partial charge on any atom is 0.282 e. The molecule has 4 rings (SSSR count). The van der Waals surface area contributed by atoms with Crippen molar-refractivity contribution in [1.29, 1.82) is 0 Å². The quantitative estimate of drug-likeness (QED) is 0.797. The molecule has 2 aliphatic rings. The van der Waals surface area contributed by atoms with E-state index in [1.807, 2.05) is 11.0 Å². The monoisotopic (exact) mass is 369 g/mol. The van der Waals surface area contributed by atoms with Crippen LogP contribution in [0.4, 0.5) is 4.79 Å². The predicted molar refractivity (Wildman–Crippen MR) is 104 cm³/mol. The Morgan fingerprint density at radius 3 is 2.54 bits per heavy atom. The highest BCUT2D eigenvalue weighted by atomic mass is 32.2. The van der Waals surface area contributed by atoms with Crippen molar-refractivity contribution in [2.75, 3.05) is 20.8 Å². The molecule has 4 nitrogen and oxygen atoms in total. The molecule has 0 saturated carbocycles. The Hall–Kier alpha value is -2.14. The maximum absolute atomic E-state index is 12.7. The first-order valence-corrected chi connectivity index (χ1v) is 9.66. The minimum atomic E-state index is -0.215. The fourth-order valence-electron chi connectivity index (χ4n) is 4.25. The summed E-state index contributed by atoms with van der Waals surface area (Å²) in [5, 5.41) is 0.175. The summed E-state index contributed by atoms with van der Waals surface area (Å²) < 4.78 is 10.8. The van der Waals surface area contributed by atoms with E-state index in [-0.39, 0.29) is 16.0 Å². The average Bonchev–Trinajstić information content (AvgIpc) is 2.91. The van der Waals surface area contributed by atoms with E-state index in [0.717, 1.165) is 30.9 Å². The van der Waals surface area contributed by atoms with Crippen LogP contribution in [0, 0.1) is 0 Å². The summed E-state index contributed by atoms with van der Waals surface area (Å²) in [5.41, 5.74) is 3.69. The standard InChI is InChI=1S/C21H23NO3S/c1-21(13-14-7-5-4-6-8-14)19-16-12-18(25-3)17(24-2)11-15(16)9-10-22(19)20(23)26-21/h4-8,11-12,19H,9-10,13H2,1-3H3/t19-,21+/m1/s1. The normalized spacial score (nSPS) is 24.2. The Bertz CT molecular complexity index is 839. The van der Waals surface area contributed by atoms with E-state index in [0.29, 0.717) is 0 Å². The Morgan fingerprint density at radius 1 is 1.15 bits per heavy atom. The second kappa shape index (κ2) is 6.54. The van der Waals surface area contributed by atoms with Gasteiger partial charge in [0.1, 0.15) is 0 Å². The second-order valence-electron chi connectivity index (χ2n) is 7.09. The van der Waals surface area contributed by atoms with E-state index in [4.69, 9.17) is 9.47 Å². The van der Waals surface area contributed by atoms with Crippen molar-refractivity contribution >= 4 is 17.0 Å². The van der Waals surface area contributed by atoms with Gasteiger partial charge in [-0.15, -0.1) is 0 Å². The highest BCUT2D eigenvalue weighted by Crippen LogP contribution is 2.55. The third-order valence-electron chi connectivity index (χ3n) is 5.41. The summed E-state index contributed by atoms with van der Waals surface area (Å²) in [6.45, 7) is 2.96. The molecule has 2 aromatic rings. The number of thioether (sulfide) groups is 1. The van der Waals surface area contributed by atoms with Crippen LogP contribution in [0.3, 0.4) is 0 Å². The molecular weight excluding hydrogens is 346 g/mol. The molecule has 136 valence electrons. The molecule has 2 atom stereocenters. The highest BCUT2D eigenvalue weighted by molar-refractivity contribution is 8.15. The molecule has 5 heteroatoms. The largest absolute Gasteiger partial charge is 0.493 e. The first-order chi connectivity index (χ1) is 12.6. The van der Waals surface area contributed by atoms with Crippen molar-refractivity contribution in [2.45, 2.75) is 30.6 Å². The van der Waals surface area contributed by atoms with Crippen molar-refractivity contribution in [3.63, 3.8) is 0 Å². The van der Waals surface area contributed by atoms with Crippen molar-refractivity contribution in [2.24, 2.45) is 0 Å². The molecular formula is C21H23NO3S. The van der Waals surface area contributed by atoms with Crippen LogP contribution in [0.2, 0.25) is 0 Å². The Balaban J connectivity index is 1.79. The molecule has 2 heterocycles. The van der Waals surface area contributed by atoms with E-state index in [9.17, 15) is 4.79 Å². The van der Waals surface area contributed by atoms with Crippen molar-refractivity contribution in [3.8, 4) is 11.5 Å². The number of hydrogen-bond donors (Lipinski definition) is 0. The van der Waals surface area contributed by atoms with Crippen LogP contribution in [-0.4, -0.2) is 35.7 Å². The van der Waals surface area contributed by atoms with Gasteiger partial charge < -0.3 is 14.4 Å². The molecule has 0 bridgehead atoms. The van der Waals surface area contributed by atoms with Crippen LogP contribution >= 0.6 is 11.8 Å². The minimum absolute atomic E-state index is 0.0452. The van der Waals surface area contributed by atoms with E-state index >= 15 is 0 Å². The number of carbonyl (C=O) groups excluding carboxylic acids is 1. The van der Waals surface area contributed by atoms with Crippen LogP contribution in [0.5, 0.6) is 11.5 Å². The van der Waals surface area contributed by atoms with Gasteiger partial charge in [-0.25, -0.2) is 0 Å². The van der Waals surface area contributed by atoms with E-state index < -0.39 is 0 Å². The summed E-state index contributed by atoms with van der Waals surface area (Å²) in [6.07, 6.45) is 1.69. The molecule has 2 aromatic carbocycles. The number of carbonyl (C=O) groups is 1. The Labute approximate surface area is 158 Å². The molecule has 0 radical (unpaired) electrons. The molecule has 26 heavy (non-hydrogen) atoms. The third kappa shape index (κ3) is 2.75. The molecule has 0 spiro atoms. The molecule has 2 aliphatic heterocycles. The zero-order valence-electron chi connectivity index (χ0n) is 15.3. The Morgan fingerprint density at radius 2 is 1.85 bits per heavy atom. The van der Waals surface area contributed by atoms with Crippen molar-refractivity contribution < 1.29 is 14.3 Å². The number of hydrogen-bond acceptors (Lipinski definition) is 4. The first kappa shape index (κ1) is 17.3. The van der Waals surface area contributed by atoms with Gasteiger partial charge in [-0.1, -0.05) is 42.1 Å². The van der Waals surface area contributed by atoms with Gasteiger partial charge in [-0.05, 0) is 48.6 Å². The van der Waals surface area contributed by atoms with Crippen LogP contribution in [0.1, 0.15) is 29.7 Å². The molecule has 0 N–H and O–H groups in total. The number of ether oxygens (including phenoxy) is 2. The SMILES string of the molecule is COc1cc2c(cc1OC)[C@H]1N(CC2)C(=O)S[C@@]1(C)Cc1ccccc1. The smallest absolute Gasteiger partial charge is 0.282 e. The van der Waals surface area contributed by atoms with Crippen LogP contribution in [0.15, 0.2) is 42.5 Å². The van der Waals surface area contributed by atoms with E-state index in [2.05, 4.69) is 43.3 Å². The molecule has 1 amide bonds. The summed E-state index contributed by atoms with van der Waals surface area (Å²) in [5.74, 6) is 1.47. The van der Waals surface area contributed by atoms with Gasteiger partial charge in [0.2, 0.25) is 0 Å². The lowest BCUT2D eigenvalue weighted by Crippen LogP contribution is -2.41. The number of benzene rings is 2. The lowest BCUT2D eigenvalue weighted by Gasteiger charge is -2.39. The van der Waals surface area contributed by atoms with Gasteiger partial charge >= 0.3 is 0 Å². The van der Waals surface area contributed by atoms with Gasteiger partial charge in [0.05, 0.1) is 25.0 Å². The fourth-order valence-corrected chi connectivity index (χ4v) is 5.57. The molecule has 0 aromatic heterocycles. The van der Waals surface area contributed by atoms with Crippen LogP contribution < -0.4 is 9.47 Å². The van der Waals surface area contributed by atoms with E-state index in [1.54, 1.807) is 14.2 Å². The second-order valence-corrected chi connectivity index (χ2v) is 8.58. The summed E-state index contributed by atoms with van der Waals surface area (Å²) in [7, 11) is 3.32. The number of methoxy groups -OCH3 is 2. The Kier molecular flexibility index (Phi) is 4.35. The number of nitrogens with zero attached hydrogens (tertiary/aromatic N) is 1. The van der Waals surface area contributed by atoms with Gasteiger partial charge in [-0.2, -0.15) is 0 Å². The van der Waals surface area contributed by atoms with E-state index in [1.165, 1.54) is 28.5 Å². The van der Waals surface area contributed by atoms with Crippen molar-refractivity contribution in [1.82, 2.24) is 4.90 Å². The number of amides is 1. The van der Waals surface area contributed by atoms with Crippen LogP contribution in [-0.2, 0) is 12.8 Å². The lowest BCUT2D eigenvalue weighted by atomic mass is 9.82. The van der Waals surface area contributed by atoms with Gasteiger partial charge in [0.15, 0.2) is 11.5 Å². The third-order valence-corrected chi connectivity index (χ3v) is 6.65. The topological polar surface area (TPSA) is 38.8 Å². The molecule has 0 aliphatic carbocycles. The van der Waals surface area contributed by atoms with Gasteiger partial charge in [0.25, 0.3) is 5.24 Å². The number of fused-ring (bicyclic) bond motifs is 3. The van der Waals surface area contributed by atoms with Crippen LogP contribution in [0.25, 0.3) is 0 Å². The lowest BCUT2D eigenvalue weighted by molar-refractivity contribution is 0.187. The zero-order chi connectivity index (χ0) is 18.3. The first-order valence-electron chi connectivity index (χ1n) is 8.84. The fraction of sp³-hybridized carbons (Fsp3) is 0.381. The van der Waals surface area contributed by atoms with Gasteiger partial charge in [0, 0.05) is 6.54 Å². The van der Waals surface area contributed by atoms with Gasteiger partial charge in [-0.3, -0.25) is 4.79 Å². The maximum atomic E-state index is 12.7. The number of rotatable bonds is 4. The summed E-state index contributed by atoms with van der Waals surface area (Å²) >= 11 is 1.47. The molecule has 0 unspecified atom stereocenters. The van der Waals surface area contributed by atoms with Crippen molar-refractivity contribution in [3.05, 3.63) is 59.2 Å².